The SMILES string of the molecule is COc1ccc(Br)cc1-c1ccnc(C(=O)O)n1. The normalized spacial score (nSPS) is 10.1. The molecule has 0 saturated heterocycles. The largest absolute Gasteiger partial charge is 0.496 e. The highest BCUT2D eigenvalue weighted by Crippen LogP contribution is 2.31. The van der Waals surface area contributed by atoms with Gasteiger partial charge in [0.2, 0.25) is 5.82 Å². The van der Waals surface area contributed by atoms with E-state index in [4.69, 9.17) is 9.84 Å². The Balaban J connectivity index is 2.57. The second kappa shape index (κ2) is 5.14. The number of nitrogens with zero attached hydrogens (tertiary/aromatic N) is 2. The second-order valence-corrected chi connectivity index (χ2v) is 4.33. The highest BCUT2D eigenvalue weighted by atomic mass is 79.9. The first-order valence-corrected chi connectivity index (χ1v) is 5.81. The van der Waals surface area contributed by atoms with Crippen molar-refractivity contribution >= 4 is 21.9 Å². The molecule has 0 atom stereocenters. The number of aromatic carboxylic acids is 1. The molecule has 0 aliphatic carbocycles. The summed E-state index contributed by atoms with van der Waals surface area (Å²) in [7, 11) is 1.55. The van der Waals surface area contributed by atoms with E-state index in [0.29, 0.717) is 17.0 Å². The number of hydrogen-bond acceptors (Lipinski definition) is 4. The topological polar surface area (TPSA) is 72.3 Å². The van der Waals surface area contributed by atoms with Crippen LogP contribution in [0.2, 0.25) is 0 Å². The van der Waals surface area contributed by atoms with E-state index in [0.717, 1.165) is 4.47 Å². The molecule has 0 bridgehead atoms. The molecule has 0 unspecified atom stereocenters. The van der Waals surface area contributed by atoms with Gasteiger partial charge < -0.3 is 9.84 Å². The van der Waals surface area contributed by atoms with Crippen molar-refractivity contribution in [2.75, 3.05) is 7.11 Å². The van der Waals surface area contributed by atoms with E-state index in [1.807, 2.05) is 12.1 Å². The quantitative estimate of drug-likeness (QED) is 0.943. The lowest BCUT2D eigenvalue weighted by atomic mass is 10.1. The molecule has 0 fully saturated rings. The maximum absolute atomic E-state index is 10.8. The average molecular weight is 309 g/mol. The van der Waals surface area contributed by atoms with E-state index >= 15 is 0 Å². The van der Waals surface area contributed by atoms with E-state index in [-0.39, 0.29) is 5.82 Å². The van der Waals surface area contributed by atoms with Crippen LogP contribution in [-0.4, -0.2) is 28.2 Å². The van der Waals surface area contributed by atoms with Gasteiger partial charge in [-0.1, -0.05) is 15.9 Å². The highest BCUT2D eigenvalue weighted by Gasteiger charge is 2.12. The van der Waals surface area contributed by atoms with Crippen molar-refractivity contribution in [2.45, 2.75) is 0 Å². The van der Waals surface area contributed by atoms with Crippen molar-refractivity contribution in [3.63, 3.8) is 0 Å². The first-order chi connectivity index (χ1) is 8.61. The van der Waals surface area contributed by atoms with E-state index in [1.54, 1.807) is 19.2 Å². The van der Waals surface area contributed by atoms with Crippen LogP contribution >= 0.6 is 15.9 Å². The molecule has 5 nitrogen and oxygen atoms in total. The van der Waals surface area contributed by atoms with E-state index in [1.165, 1.54) is 6.20 Å². The molecule has 0 saturated carbocycles. The number of halogens is 1. The number of ether oxygens (including phenoxy) is 1. The summed E-state index contributed by atoms with van der Waals surface area (Å²) in [6.07, 6.45) is 1.41. The van der Waals surface area contributed by atoms with Crippen molar-refractivity contribution < 1.29 is 14.6 Å². The van der Waals surface area contributed by atoms with Crippen LogP contribution < -0.4 is 4.74 Å². The molecule has 92 valence electrons. The Morgan fingerprint density at radius 3 is 2.83 bits per heavy atom. The molecule has 1 aromatic carbocycles. The van der Waals surface area contributed by atoms with Gasteiger partial charge in [0.15, 0.2) is 0 Å². The zero-order chi connectivity index (χ0) is 13.1. The fraction of sp³-hybridized carbons (Fsp3) is 0.0833. The molecule has 1 N–H and O–H groups in total. The summed E-state index contributed by atoms with van der Waals surface area (Å²) >= 11 is 3.35. The smallest absolute Gasteiger partial charge is 0.373 e. The van der Waals surface area contributed by atoms with Crippen LogP contribution in [0, 0.1) is 0 Å². The Morgan fingerprint density at radius 2 is 2.17 bits per heavy atom. The van der Waals surface area contributed by atoms with Gasteiger partial charge in [0.1, 0.15) is 5.75 Å². The third-order valence-corrected chi connectivity index (χ3v) is 2.78. The molecule has 1 heterocycles. The molecule has 6 heteroatoms. The fourth-order valence-corrected chi connectivity index (χ4v) is 1.85. The van der Waals surface area contributed by atoms with Crippen LogP contribution in [0.25, 0.3) is 11.3 Å². The lowest BCUT2D eigenvalue weighted by Gasteiger charge is -2.08. The Hall–Kier alpha value is -1.95. The van der Waals surface area contributed by atoms with Gasteiger partial charge in [-0.15, -0.1) is 0 Å². The molecule has 1 aromatic heterocycles. The molecule has 0 spiro atoms. The number of aromatic nitrogens is 2. The molecule has 0 amide bonds. The average Bonchev–Trinajstić information content (AvgIpc) is 2.39. The molecular weight excluding hydrogens is 300 g/mol. The van der Waals surface area contributed by atoms with Crippen LogP contribution in [0.5, 0.6) is 5.75 Å². The Morgan fingerprint density at radius 1 is 1.39 bits per heavy atom. The predicted octanol–water partition coefficient (Wildman–Crippen LogP) is 2.61. The minimum absolute atomic E-state index is 0.241. The highest BCUT2D eigenvalue weighted by molar-refractivity contribution is 9.10. The van der Waals surface area contributed by atoms with Crippen LogP contribution in [0.15, 0.2) is 34.9 Å². The van der Waals surface area contributed by atoms with Gasteiger partial charge in [0.05, 0.1) is 12.8 Å². The summed E-state index contributed by atoms with van der Waals surface area (Å²) in [4.78, 5) is 18.5. The first-order valence-electron chi connectivity index (χ1n) is 5.02. The van der Waals surface area contributed by atoms with Crippen LogP contribution in [0.1, 0.15) is 10.6 Å². The third kappa shape index (κ3) is 2.48. The van der Waals surface area contributed by atoms with Crippen molar-refractivity contribution in [1.82, 2.24) is 9.97 Å². The lowest BCUT2D eigenvalue weighted by Crippen LogP contribution is -2.04. The summed E-state index contributed by atoms with van der Waals surface area (Å²) < 4.78 is 6.08. The van der Waals surface area contributed by atoms with Crippen LogP contribution in [0.3, 0.4) is 0 Å². The van der Waals surface area contributed by atoms with E-state index in [9.17, 15) is 4.79 Å². The number of carbonyl (C=O) groups is 1. The molecule has 2 rings (SSSR count). The van der Waals surface area contributed by atoms with E-state index < -0.39 is 5.97 Å². The second-order valence-electron chi connectivity index (χ2n) is 3.42. The minimum atomic E-state index is -1.16. The Kier molecular flexibility index (Phi) is 3.57. The summed E-state index contributed by atoms with van der Waals surface area (Å²) in [6, 6.07) is 7.06. The zero-order valence-corrected chi connectivity index (χ0v) is 11.0. The van der Waals surface area contributed by atoms with Gasteiger partial charge in [-0.05, 0) is 24.3 Å². The van der Waals surface area contributed by atoms with Crippen LogP contribution in [0.4, 0.5) is 0 Å². The number of rotatable bonds is 3. The third-order valence-electron chi connectivity index (χ3n) is 2.28. The zero-order valence-electron chi connectivity index (χ0n) is 9.42. The van der Waals surface area contributed by atoms with Crippen LogP contribution in [-0.2, 0) is 0 Å². The predicted molar refractivity (Wildman–Crippen MR) is 68.7 cm³/mol. The van der Waals surface area contributed by atoms with Gasteiger partial charge in [0.25, 0.3) is 0 Å². The number of carboxylic acid groups (broad SMARTS) is 1. The van der Waals surface area contributed by atoms with Crippen molar-refractivity contribution in [1.29, 1.82) is 0 Å². The number of hydrogen-bond donors (Lipinski definition) is 1. The Labute approximate surface area is 112 Å². The lowest BCUT2D eigenvalue weighted by molar-refractivity contribution is 0.0683. The van der Waals surface area contributed by atoms with Gasteiger partial charge in [-0.3, -0.25) is 0 Å². The summed E-state index contributed by atoms with van der Waals surface area (Å²) in [5.41, 5.74) is 1.21. The maximum atomic E-state index is 10.8. The molecule has 0 aliphatic rings. The van der Waals surface area contributed by atoms with Gasteiger partial charge in [-0.2, -0.15) is 0 Å². The van der Waals surface area contributed by atoms with E-state index in [2.05, 4.69) is 25.9 Å². The van der Waals surface area contributed by atoms with Crippen molar-refractivity contribution in [3.8, 4) is 17.0 Å². The molecular formula is C12H9BrN2O3. The minimum Gasteiger partial charge on any atom is -0.496 e. The monoisotopic (exact) mass is 308 g/mol. The number of benzene rings is 1. The number of carboxylic acids is 1. The van der Waals surface area contributed by atoms with Crippen molar-refractivity contribution in [3.05, 3.63) is 40.8 Å². The summed E-state index contributed by atoms with van der Waals surface area (Å²) in [6.45, 7) is 0. The molecule has 0 aliphatic heterocycles. The molecule has 0 radical (unpaired) electrons. The van der Waals surface area contributed by atoms with Gasteiger partial charge >= 0.3 is 5.97 Å². The number of methoxy groups -OCH3 is 1. The molecule has 2 aromatic rings. The Bertz CT molecular complexity index is 602. The van der Waals surface area contributed by atoms with Gasteiger partial charge in [-0.25, -0.2) is 14.8 Å². The van der Waals surface area contributed by atoms with Crippen molar-refractivity contribution in [2.24, 2.45) is 0 Å². The first kappa shape index (κ1) is 12.5. The fourth-order valence-electron chi connectivity index (χ4n) is 1.49. The summed E-state index contributed by atoms with van der Waals surface area (Å²) in [5.74, 6) is -0.784. The van der Waals surface area contributed by atoms with Gasteiger partial charge in [0, 0.05) is 16.2 Å². The summed E-state index contributed by atoms with van der Waals surface area (Å²) in [5, 5.41) is 8.87. The maximum Gasteiger partial charge on any atom is 0.373 e. The molecule has 18 heavy (non-hydrogen) atoms. The standard InChI is InChI=1S/C12H9BrN2O3/c1-18-10-3-2-7(13)6-8(10)9-4-5-14-11(15-9)12(16)17/h2-6H,1H3,(H,16,17).